The zero-order valence-electron chi connectivity index (χ0n) is 15.9. The van der Waals surface area contributed by atoms with E-state index in [1.165, 1.54) is 0 Å². The molecule has 1 aromatic carbocycles. The number of fused-ring (bicyclic) bond motifs is 1. The van der Waals surface area contributed by atoms with E-state index in [9.17, 15) is 9.59 Å². The molecule has 0 saturated carbocycles. The van der Waals surface area contributed by atoms with Crippen LogP contribution < -0.4 is 0 Å². The van der Waals surface area contributed by atoms with Crippen LogP contribution in [0.1, 0.15) is 34.5 Å². The molecule has 142 valence electrons. The first-order valence-corrected chi connectivity index (χ1v) is 9.60. The third-order valence-electron chi connectivity index (χ3n) is 5.47. The first kappa shape index (κ1) is 17.9. The summed E-state index contributed by atoms with van der Waals surface area (Å²) in [6.45, 7) is 6.79. The van der Waals surface area contributed by atoms with Gasteiger partial charge >= 0.3 is 0 Å². The minimum Gasteiger partial charge on any atom is -0.368 e. The van der Waals surface area contributed by atoms with Gasteiger partial charge in [-0.05, 0) is 44.9 Å². The second kappa shape index (κ2) is 7.27. The quantitative estimate of drug-likeness (QED) is 0.817. The summed E-state index contributed by atoms with van der Waals surface area (Å²) < 4.78 is 5.50. The second-order valence-corrected chi connectivity index (χ2v) is 7.44. The van der Waals surface area contributed by atoms with Crippen molar-refractivity contribution in [2.75, 3.05) is 32.8 Å². The van der Waals surface area contributed by atoms with Crippen LogP contribution in [0.3, 0.4) is 0 Å². The molecule has 3 heterocycles. The number of amides is 2. The van der Waals surface area contributed by atoms with Gasteiger partial charge in [-0.2, -0.15) is 0 Å². The molecule has 1 aromatic heterocycles. The molecule has 0 radical (unpaired) electrons. The number of pyridine rings is 1. The molecule has 0 bridgehead atoms. The highest BCUT2D eigenvalue weighted by Crippen LogP contribution is 2.21. The molecule has 27 heavy (non-hydrogen) atoms. The average Bonchev–Trinajstić information content (AvgIpc) is 3.21. The number of benzene rings is 1. The predicted octanol–water partition coefficient (Wildman–Crippen LogP) is 2.32. The summed E-state index contributed by atoms with van der Waals surface area (Å²) in [5.74, 6) is 0.0613. The molecule has 2 fully saturated rings. The summed E-state index contributed by atoms with van der Waals surface area (Å²) in [6, 6.07) is 8.01. The first-order chi connectivity index (χ1) is 13.0. The fourth-order valence-electron chi connectivity index (χ4n) is 3.89. The fraction of sp³-hybridized carbons (Fsp3) is 0.476. The van der Waals surface area contributed by atoms with E-state index in [1.54, 1.807) is 0 Å². The number of nitrogens with zero attached hydrogens (tertiary/aromatic N) is 3. The Kier molecular flexibility index (Phi) is 4.83. The Morgan fingerprint density at radius 3 is 2.52 bits per heavy atom. The molecule has 0 N–H and O–H groups in total. The summed E-state index contributed by atoms with van der Waals surface area (Å²) >= 11 is 0. The molecule has 0 aliphatic carbocycles. The maximum Gasteiger partial charge on any atom is 0.255 e. The fourth-order valence-corrected chi connectivity index (χ4v) is 3.89. The summed E-state index contributed by atoms with van der Waals surface area (Å²) in [5, 5.41) is 0.983. The lowest BCUT2D eigenvalue weighted by atomic mass is 10.1. The maximum absolute atomic E-state index is 13.0. The molecule has 2 aromatic rings. The van der Waals surface area contributed by atoms with Gasteiger partial charge < -0.3 is 14.5 Å². The molecule has 2 saturated heterocycles. The average molecular weight is 367 g/mol. The number of hydrogen-bond donors (Lipinski definition) is 0. The van der Waals surface area contributed by atoms with E-state index in [2.05, 4.69) is 11.1 Å². The van der Waals surface area contributed by atoms with Crippen LogP contribution in [0.15, 0.2) is 24.3 Å². The SMILES string of the molecule is Cc1ccc2nc(C)c(C(=O)N3CCN(C(=O)C4CCCO4)CC3)cc2c1. The van der Waals surface area contributed by atoms with Crippen molar-refractivity contribution in [1.29, 1.82) is 0 Å². The number of aromatic nitrogens is 1. The van der Waals surface area contributed by atoms with Gasteiger partial charge in [-0.1, -0.05) is 11.6 Å². The van der Waals surface area contributed by atoms with Crippen molar-refractivity contribution in [1.82, 2.24) is 14.8 Å². The molecule has 1 atom stereocenters. The number of aryl methyl sites for hydroxylation is 2. The zero-order chi connectivity index (χ0) is 19.0. The van der Waals surface area contributed by atoms with Gasteiger partial charge in [0.25, 0.3) is 11.8 Å². The Balaban J connectivity index is 1.47. The van der Waals surface area contributed by atoms with Crippen molar-refractivity contribution in [2.45, 2.75) is 32.8 Å². The topological polar surface area (TPSA) is 62.7 Å². The van der Waals surface area contributed by atoms with E-state index in [1.807, 2.05) is 41.8 Å². The highest BCUT2D eigenvalue weighted by atomic mass is 16.5. The van der Waals surface area contributed by atoms with E-state index in [4.69, 9.17) is 4.74 Å². The van der Waals surface area contributed by atoms with Crippen molar-refractivity contribution >= 4 is 22.7 Å². The van der Waals surface area contributed by atoms with Gasteiger partial charge in [-0.3, -0.25) is 14.6 Å². The zero-order valence-corrected chi connectivity index (χ0v) is 15.9. The Hall–Kier alpha value is -2.47. The van der Waals surface area contributed by atoms with Gasteiger partial charge in [0.05, 0.1) is 16.8 Å². The van der Waals surface area contributed by atoms with Crippen LogP contribution in [-0.4, -0.2) is 65.5 Å². The molecule has 1 unspecified atom stereocenters. The Morgan fingerprint density at radius 2 is 1.81 bits per heavy atom. The van der Waals surface area contributed by atoms with Gasteiger partial charge in [-0.25, -0.2) is 0 Å². The van der Waals surface area contributed by atoms with E-state index < -0.39 is 0 Å². The van der Waals surface area contributed by atoms with E-state index in [0.717, 1.165) is 35.0 Å². The third kappa shape index (κ3) is 3.54. The second-order valence-electron chi connectivity index (χ2n) is 7.44. The molecular weight excluding hydrogens is 342 g/mol. The van der Waals surface area contributed by atoms with Crippen LogP contribution >= 0.6 is 0 Å². The standard InChI is InChI=1S/C21H25N3O3/c1-14-5-6-18-16(12-14)13-17(15(2)22-18)20(25)23-7-9-24(10-8-23)21(26)19-4-3-11-27-19/h5-6,12-13,19H,3-4,7-11H2,1-2H3. The molecule has 0 spiro atoms. The van der Waals surface area contributed by atoms with Crippen molar-refractivity contribution in [3.8, 4) is 0 Å². The molecule has 6 nitrogen and oxygen atoms in total. The van der Waals surface area contributed by atoms with Gasteiger partial charge in [0, 0.05) is 38.2 Å². The van der Waals surface area contributed by atoms with Crippen molar-refractivity contribution in [3.05, 3.63) is 41.1 Å². The minimum atomic E-state index is -0.289. The lowest BCUT2D eigenvalue weighted by Gasteiger charge is -2.36. The van der Waals surface area contributed by atoms with Gasteiger partial charge in [0.2, 0.25) is 0 Å². The van der Waals surface area contributed by atoms with Gasteiger partial charge in [0.1, 0.15) is 6.10 Å². The lowest BCUT2D eigenvalue weighted by molar-refractivity contribution is -0.142. The van der Waals surface area contributed by atoms with Gasteiger partial charge in [-0.15, -0.1) is 0 Å². The third-order valence-corrected chi connectivity index (χ3v) is 5.47. The van der Waals surface area contributed by atoms with Crippen LogP contribution in [0.2, 0.25) is 0 Å². The molecular formula is C21H25N3O3. The maximum atomic E-state index is 13.0. The van der Waals surface area contributed by atoms with Crippen molar-refractivity contribution in [3.63, 3.8) is 0 Å². The lowest BCUT2D eigenvalue weighted by Crippen LogP contribution is -2.52. The smallest absolute Gasteiger partial charge is 0.255 e. The summed E-state index contributed by atoms with van der Waals surface area (Å²) in [6.07, 6.45) is 1.46. The number of carbonyl (C=O) groups is 2. The number of piperazine rings is 1. The molecule has 2 aliphatic rings. The minimum absolute atomic E-state index is 0.00683. The van der Waals surface area contributed by atoms with Crippen molar-refractivity contribution in [2.24, 2.45) is 0 Å². The van der Waals surface area contributed by atoms with Crippen LogP contribution in [0, 0.1) is 13.8 Å². The molecule has 4 rings (SSSR count). The van der Waals surface area contributed by atoms with E-state index in [0.29, 0.717) is 38.3 Å². The molecule has 2 amide bonds. The normalized spacial score (nSPS) is 20.3. The highest BCUT2D eigenvalue weighted by molar-refractivity contribution is 5.99. The highest BCUT2D eigenvalue weighted by Gasteiger charge is 2.31. The Morgan fingerprint density at radius 1 is 1.07 bits per heavy atom. The predicted molar refractivity (Wildman–Crippen MR) is 103 cm³/mol. The number of rotatable bonds is 2. The summed E-state index contributed by atoms with van der Waals surface area (Å²) in [7, 11) is 0. The van der Waals surface area contributed by atoms with Crippen molar-refractivity contribution < 1.29 is 14.3 Å². The molecule has 6 heteroatoms. The first-order valence-electron chi connectivity index (χ1n) is 9.60. The Bertz CT molecular complexity index is 882. The number of ether oxygens (including phenoxy) is 1. The largest absolute Gasteiger partial charge is 0.368 e. The van der Waals surface area contributed by atoms with Crippen LogP contribution in [0.4, 0.5) is 0 Å². The Labute approximate surface area is 159 Å². The van der Waals surface area contributed by atoms with Crippen LogP contribution in [0.25, 0.3) is 10.9 Å². The van der Waals surface area contributed by atoms with Gasteiger partial charge in [0.15, 0.2) is 0 Å². The van der Waals surface area contributed by atoms with E-state index >= 15 is 0 Å². The summed E-state index contributed by atoms with van der Waals surface area (Å²) in [5.41, 5.74) is 3.44. The van der Waals surface area contributed by atoms with Crippen LogP contribution in [-0.2, 0) is 9.53 Å². The monoisotopic (exact) mass is 367 g/mol. The molecule has 2 aliphatic heterocycles. The number of carbonyl (C=O) groups excluding carboxylic acids is 2. The number of hydrogen-bond acceptors (Lipinski definition) is 4. The van der Waals surface area contributed by atoms with E-state index in [-0.39, 0.29) is 17.9 Å². The van der Waals surface area contributed by atoms with Crippen LogP contribution in [0.5, 0.6) is 0 Å². The summed E-state index contributed by atoms with van der Waals surface area (Å²) in [4.78, 5) is 33.8.